The van der Waals surface area contributed by atoms with Crippen LogP contribution in [-0.2, 0) is 11.3 Å². The summed E-state index contributed by atoms with van der Waals surface area (Å²) in [6.45, 7) is 7.38. The number of rotatable bonds is 6. The molecule has 0 atom stereocenters. The van der Waals surface area contributed by atoms with E-state index in [1.165, 1.54) is 0 Å². The lowest BCUT2D eigenvalue weighted by Crippen LogP contribution is -2.33. The number of carbonyl (C=O) groups excluding carboxylic acids is 1. The van der Waals surface area contributed by atoms with E-state index in [0.717, 1.165) is 12.0 Å². The lowest BCUT2D eigenvalue weighted by Gasteiger charge is -2.24. The Morgan fingerprint density at radius 3 is 2.37 bits per heavy atom. The molecule has 0 radical (unpaired) electrons. The predicted octanol–water partition coefficient (Wildman–Crippen LogP) is 2.83. The molecule has 0 spiro atoms. The highest BCUT2D eigenvalue weighted by atomic mass is 16.3. The summed E-state index contributed by atoms with van der Waals surface area (Å²) in [6.07, 6.45) is 1.40. The minimum Gasteiger partial charge on any atom is -0.395 e. The second-order valence-corrected chi connectivity index (χ2v) is 6.09. The zero-order valence-corrected chi connectivity index (χ0v) is 12.2. The summed E-state index contributed by atoms with van der Waals surface area (Å²) in [6, 6.07) is 9.89. The third-order valence-corrected chi connectivity index (χ3v) is 3.03. The predicted molar refractivity (Wildman–Crippen MR) is 77.6 cm³/mol. The van der Waals surface area contributed by atoms with E-state index < -0.39 is 0 Å². The van der Waals surface area contributed by atoms with E-state index in [1.807, 2.05) is 30.3 Å². The average Bonchev–Trinajstić information content (AvgIpc) is 2.36. The molecule has 106 valence electrons. The standard InChI is InChI=1S/C16H25NO2/c1-16(2,3)10-9-15(19)17(11-12-18)13-14-7-5-4-6-8-14/h4-8,18H,9-13H2,1-3H3. The van der Waals surface area contributed by atoms with Crippen LogP contribution in [0, 0.1) is 5.41 Å². The Kier molecular flexibility index (Phi) is 6.03. The van der Waals surface area contributed by atoms with Crippen molar-refractivity contribution in [3.05, 3.63) is 35.9 Å². The summed E-state index contributed by atoms with van der Waals surface area (Å²) >= 11 is 0. The van der Waals surface area contributed by atoms with Crippen molar-refractivity contribution in [1.29, 1.82) is 0 Å². The highest BCUT2D eigenvalue weighted by Crippen LogP contribution is 2.21. The van der Waals surface area contributed by atoms with Crippen molar-refractivity contribution in [1.82, 2.24) is 4.90 Å². The number of aliphatic hydroxyl groups excluding tert-OH is 1. The number of aliphatic hydroxyl groups is 1. The third-order valence-electron chi connectivity index (χ3n) is 3.03. The monoisotopic (exact) mass is 263 g/mol. The summed E-state index contributed by atoms with van der Waals surface area (Å²) in [4.78, 5) is 13.9. The number of hydrogen-bond donors (Lipinski definition) is 1. The Bertz CT molecular complexity index is 381. The molecule has 3 nitrogen and oxygen atoms in total. The van der Waals surface area contributed by atoms with Gasteiger partial charge in [-0.25, -0.2) is 0 Å². The molecule has 0 saturated heterocycles. The van der Waals surface area contributed by atoms with Crippen LogP contribution in [0.4, 0.5) is 0 Å². The fourth-order valence-corrected chi connectivity index (χ4v) is 1.86. The molecule has 0 bridgehead atoms. The molecule has 0 aliphatic rings. The van der Waals surface area contributed by atoms with Gasteiger partial charge in [-0.2, -0.15) is 0 Å². The van der Waals surface area contributed by atoms with Gasteiger partial charge in [-0.1, -0.05) is 51.1 Å². The largest absolute Gasteiger partial charge is 0.395 e. The van der Waals surface area contributed by atoms with E-state index in [1.54, 1.807) is 4.90 Å². The summed E-state index contributed by atoms with van der Waals surface area (Å²) in [5, 5.41) is 9.10. The maximum Gasteiger partial charge on any atom is 0.222 e. The van der Waals surface area contributed by atoms with Crippen LogP contribution in [0.5, 0.6) is 0 Å². The first-order valence-electron chi connectivity index (χ1n) is 6.85. The fraction of sp³-hybridized carbons (Fsp3) is 0.562. The van der Waals surface area contributed by atoms with Crippen LogP contribution in [0.15, 0.2) is 30.3 Å². The fourth-order valence-electron chi connectivity index (χ4n) is 1.86. The van der Waals surface area contributed by atoms with Crippen LogP contribution < -0.4 is 0 Å². The molecule has 0 saturated carbocycles. The van der Waals surface area contributed by atoms with Crippen molar-refractivity contribution in [3.63, 3.8) is 0 Å². The van der Waals surface area contributed by atoms with E-state index >= 15 is 0 Å². The minimum atomic E-state index is 0.00803. The molecule has 0 unspecified atom stereocenters. The molecule has 1 amide bonds. The minimum absolute atomic E-state index is 0.00803. The molecule has 0 heterocycles. The molecule has 1 N–H and O–H groups in total. The van der Waals surface area contributed by atoms with Crippen LogP contribution in [0.3, 0.4) is 0 Å². The van der Waals surface area contributed by atoms with E-state index in [0.29, 0.717) is 19.5 Å². The Labute approximate surface area is 116 Å². The summed E-state index contributed by atoms with van der Waals surface area (Å²) < 4.78 is 0. The highest BCUT2D eigenvalue weighted by Gasteiger charge is 2.17. The van der Waals surface area contributed by atoms with Crippen molar-refractivity contribution < 1.29 is 9.90 Å². The van der Waals surface area contributed by atoms with Gasteiger partial charge in [0.15, 0.2) is 0 Å². The smallest absolute Gasteiger partial charge is 0.222 e. The molecule has 1 rings (SSSR count). The Balaban J connectivity index is 2.59. The second kappa shape index (κ2) is 7.29. The molecule has 1 aromatic rings. The topological polar surface area (TPSA) is 40.5 Å². The van der Waals surface area contributed by atoms with Crippen molar-refractivity contribution in [2.45, 2.75) is 40.2 Å². The van der Waals surface area contributed by atoms with Gasteiger partial charge in [0.05, 0.1) is 6.61 Å². The summed E-state index contributed by atoms with van der Waals surface area (Å²) in [5.74, 6) is 0.118. The van der Waals surface area contributed by atoms with Crippen LogP contribution in [0.25, 0.3) is 0 Å². The average molecular weight is 263 g/mol. The maximum atomic E-state index is 12.2. The number of benzene rings is 1. The van der Waals surface area contributed by atoms with Gasteiger partial charge >= 0.3 is 0 Å². The highest BCUT2D eigenvalue weighted by molar-refractivity contribution is 5.76. The molecule has 0 aromatic heterocycles. The summed E-state index contributed by atoms with van der Waals surface area (Å²) in [7, 11) is 0. The lowest BCUT2D eigenvalue weighted by atomic mass is 9.90. The normalized spacial score (nSPS) is 11.4. The third kappa shape index (κ3) is 6.39. The zero-order valence-electron chi connectivity index (χ0n) is 12.2. The maximum absolute atomic E-state index is 12.2. The van der Waals surface area contributed by atoms with Crippen LogP contribution in [-0.4, -0.2) is 29.1 Å². The number of nitrogens with zero attached hydrogens (tertiary/aromatic N) is 1. The lowest BCUT2D eigenvalue weighted by molar-refractivity contribution is -0.132. The van der Waals surface area contributed by atoms with Gasteiger partial charge in [-0.15, -0.1) is 0 Å². The first-order valence-corrected chi connectivity index (χ1v) is 6.85. The van der Waals surface area contributed by atoms with Gasteiger partial charge in [-0.3, -0.25) is 4.79 Å². The van der Waals surface area contributed by atoms with Crippen LogP contribution in [0.1, 0.15) is 39.2 Å². The van der Waals surface area contributed by atoms with Gasteiger partial charge in [0.1, 0.15) is 0 Å². The van der Waals surface area contributed by atoms with E-state index in [4.69, 9.17) is 5.11 Å². The van der Waals surface area contributed by atoms with Crippen molar-refractivity contribution in [2.24, 2.45) is 5.41 Å². The molecule has 0 aliphatic carbocycles. The van der Waals surface area contributed by atoms with Crippen molar-refractivity contribution in [3.8, 4) is 0 Å². The molecular weight excluding hydrogens is 238 g/mol. The van der Waals surface area contributed by atoms with Crippen LogP contribution in [0.2, 0.25) is 0 Å². The molecule has 0 aliphatic heterocycles. The van der Waals surface area contributed by atoms with Gasteiger partial charge in [-0.05, 0) is 17.4 Å². The van der Waals surface area contributed by atoms with E-state index in [-0.39, 0.29) is 17.9 Å². The second-order valence-electron chi connectivity index (χ2n) is 6.09. The van der Waals surface area contributed by atoms with Gasteiger partial charge in [0.25, 0.3) is 0 Å². The molecule has 3 heteroatoms. The van der Waals surface area contributed by atoms with E-state index in [2.05, 4.69) is 20.8 Å². The van der Waals surface area contributed by atoms with Crippen LogP contribution >= 0.6 is 0 Å². The Hall–Kier alpha value is -1.35. The first kappa shape index (κ1) is 15.7. The molecule has 1 aromatic carbocycles. The van der Waals surface area contributed by atoms with E-state index in [9.17, 15) is 4.79 Å². The summed E-state index contributed by atoms with van der Waals surface area (Å²) in [5.41, 5.74) is 1.26. The molecule has 0 fully saturated rings. The SMILES string of the molecule is CC(C)(C)CCC(=O)N(CCO)Cc1ccccc1. The Morgan fingerprint density at radius 2 is 1.84 bits per heavy atom. The Morgan fingerprint density at radius 1 is 1.21 bits per heavy atom. The van der Waals surface area contributed by atoms with Gasteiger partial charge < -0.3 is 10.0 Å². The number of amides is 1. The first-order chi connectivity index (χ1) is 8.92. The van der Waals surface area contributed by atoms with Crippen molar-refractivity contribution in [2.75, 3.05) is 13.2 Å². The quantitative estimate of drug-likeness (QED) is 0.857. The van der Waals surface area contributed by atoms with Gasteiger partial charge in [0.2, 0.25) is 5.91 Å². The zero-order chi connectivity index (χ0) is 14.3. The molecular formula is C16H25NO2. The molecule has 19 heavy (non-hydrogen) atoms. The number of hydrogen-bond acceptors (Lipinski definition) is 2. The van der Waals surface area contributed by atoms with Crippen molar-refractivity contribution >= 4 is 5.91 Å². The number of carbonyl (C=O) groups is 1. The van der Waals surface area contributed by atoms with Gasteiger partial charge in [0, 0.05) is 19.5 Å².